The zero-order valence-corrected chi connectivity index (χ0v) is 16.0. The highest BCUT2D eigenvalue weighted by molar-refractivity contribution is 6.30. The molecule has 3 fully saturated rings. The number of ether oxygens (including phenoxy) is 1. The van der Waals surface area contributed by atoms with Gasteiger partial charge in [0.15, 0.2) is 6.61 Å². The van der Waals surface area contributed by atoms with Crippen LogP contribution in [0.15, 0.2) is 24.3 Å². The first-order valence-corrected chi connectivity index (χ1v) is 9.88. The molecule has 1 aromatic carbocycles. The second-order valence-corrected chi connectivity index (χ2v) is 8.12. The minimum atomic E-state index is -0.623. The minimum Gasteiger partial charge on any atom is -0.456 e. The van der Waals surface area contributed by atoms with Gasteiger partial charge in [0.1, 0.15) is 0 Å². The summed E-state index contributed by atoms with van der Waals surface area (Å²) in [5.74, 6) is -1.15. The fraction of sp³-hybridized carbons (Fsp3) is 0.500. The molecule has 7 nitrogen and oxygen atoms in total. The van der Waals surface area contributed by atoms with Gasteiger partial charge < -0.3 is 10.1 Å². The van der Waals surface area contributed by atoms with Gasteiger partial charge in [-0.1, -0.05) is 17.7 Å². The Hall–Kier alpha value is -2.41. The molecule has 4 atom stereocenters. The standard InChI is InChI=1S/C20H21ClN2O5/c21-13-2-1-3-14(9-13)22-15(24)10-28-16(25)6-7-23-19(26)17-11-4-5-12(8-11)18(17)20(23)27/h1-3,9,11-12,17-18H,4-8,10H2,(H,22,24)/t11-,12-,17+,18+/m1/s1. The number of imide groups is 1. The molecule has 28 heavy (non-hydrogen) atoms. The fourth-order valence-corrected chi connectivity index (χ4v) is 5.07. The third-order valence-electron chi connectivity index (χ3n) is 6.03. The van der Waals surface area contributed by atoms with E-state index in [-0.39, 0.29) is 36.6 Å². The van der Waals surface area contributed by atoms with Gasteiger partial charge in [-0.3, -0.25) is 24.1 Å². The molecular weight excluding hydrogens is 384 g/mol. The van der Waals surface area contributed by atoms with Crippen LogP contribution in [0, 0.1) is 23.7 Å². The van der Waals surface area contributed by atoms with E-state index < -0.39 is 18.5 Å². The molecule has 3 aliphatic rings. The summed E-state index contributed by atoms with van der Waals surface area (Å²) >= 11 is 5.84. The Bertz CT molecular complexity index is 814. The summed E-state index contributed by atoms with van der Waals surface area (Å²) in [5, 5.41) is 3.05. The molecule has 1 aromatic rings. The van der Waals surface area contributed by atoms with Crippen molar-refractivity contribution in [3.05, 3.63) is 29.3 Å². The summed E-state index contributed by atoms with van der Waals surface area (Å²) in [4.78, 5) is 50.2. The van der Waals surface area contributed by atoms with Gasteiger partial charge in [0, 0.05) is 17.3 Å². The average molecular weight is 405 g/mol. The lowest BCUT2D eigenvalue weighted by Gasteiger charge is -2.19. The van der Waals surface area contributed by atoms with Crippen molar-refractivity contribution in [2.24, 2.45) is 23.7 Å². The fourth-order valence-electron chi connectivity index (χ4n) is 4.88. The van der Waals surface area contributed by atoms with Crippen LogP contribution in [0.25, 0.3) is 0 Å². The number of fused-ring (bicyclic) bond motifs is 5. The van der Waals surface area contributed by atoms with Gasteiger partial charge in [-0.2, -0.15) is 0 Å². The number of halogens is 1. The van der Waals surface area contributed by atoms with E-state index >= 15 is 0 Å². The van der Waals surface area contributed by atoms with Crippen molar-refractivity contribution < 1.29 is 23.9 Å². The maximum Gasteiger partial charge on any atom is 0.308 e. The number of hydrogen-bond donors (Lipinski definition) is 1. The molecule has 0 radical (unpaired) electrons. The van der Waals surface area contributed by atoms with Crippen LogP contribution in [-0.2, 0) is 23.9 Å². The molecule has 4 rings (SSSR count). The summed E-state index contributed by atoms with van der Waals surface area (Å²) in [7, 11) is 0. The Labute approximate surface area is 167 Å². The number of amides is 3. The van der Waals surface area contributed by atoms with Crippen molar-refractivity contribution in [1.29, 1.82) is 0 Å². The number of rotatable bonds is 6. The molecule has 0 spiro atoms. The van der Waals surface area contributed by atoms with Crippen LogP contribution >= 0.6 is 11.6 Å². The summed E-state index contributed by atoms with van der Waals surface area (Å²) in [6.45, 7) is -0.429. The summed E-state index contributed by atoms with van der Waals surface area (Å²) in [5.41, 5.74) is 0.503. The first-order chi connectivity index (χ1) is 13.4. The lowest BCUT2D eigenvalue weighted by Crippen LogP contribution is -2.35. The van der Waals surface area contributed by atoms with Gasteiger partial charge in [-0.15, -0.1) is 0 Å². The zero-order chi connectivity index (χ0) is 19.8. The van der Waals surface area contributed by atoms with Crippen molar-refractivity contribution in [1.82, 2.24) is 4.90 Å². The van der Waals surface area contributed by atoms with E-state index in [4.69, 9.17) is 16.3 Å². The van der Waals surface area contributed by atoms with Crippen molar-refractivity contribution in [3.8, 4) is 0 Å². The zero-order valence-electron chi connectivity index (χ0n) is 15.2. The van der Waals surface area contributed by atoms with Crippen LogP contribution in [0.1, 0.15) is 25.7 Å². The maximum absolute atomic E-state index is 12.6. The number of anilines is 1. The third-order valence-corrected chi connectivity index (χ3v) is 6.27. The Morgan fingerprint density at radius 3 is 2.46 bits per heavy atom. The van der Waals surface area contributed by atoms with Crippen LogP contribution in [0.2, 0.25) is 5.02 Å². The Balaban J connectivity index is 1.23. The van der Waals surface area contributed by atoms with Crippen molar-refractivity contribution in [3.63, 3.8) is 0 Å². The molecule has 2 saturated carbocycles. The minimum absolute atomic E-state index is 0.0128. The number of nitrogens with zero attached hydrogens (tertiary/aromatic N) is 1. The molecule has 1 aliphatic heterocycles. The topological polar surface area (TPSA) is 92.8 Å². The molecule has 1 N–H and O–H groups in total. The first-order valence-electron chi connectivity index (χ1n) is 9.50. The normalized spacial score (nSPS) is 27.8. The van der Waals surface area contributed by atoms with Crippen molar-refractivity contribution in [2.45, 2.75) is 25.7 Å². The lowest BCUT2D eigenvalue weighted by atomic mass is 9.81. The monoisotopic (exact) mass is 404 g/mol. The van der Waals surface area contributed by atoms with Gasteiger partial charge in [-0.25, -0.2) is 0 Å². The molecule has 3 amide bonds. The smallest absolute Gasteiger partial charge is 0.308 e. The predicted octanol–water partition coefficient (Wildman–Crippen LogP) is 2.24. The number of benzene rings is 1. The van der Waals surface area contributed by atoms with Gasteiger partial charge in [0.05, 0.1) is 18.3 Å². The number of esters is 1. The molecule has 2 aliphatic carbocycles. The average Bonchev–Trinajstić information content (AvgIpc) is 3.33. The van der Waals surface area contributed by atoms with Crippen LogP contribution < -0.4 is 5.32 Å². The van der Waals surface area contributed by atoms with Crippen LogP contribution in [0.5, 0.6) is 0 Å². The second-order valence-electron chi connectivity index (χ2n) is 7.68. The van der Waals surface area contributed by atoms with Gasteiger partial charge >= 0.3 is 5.97 Å². The molecule has 1 saturated heterocycles. The van der Waals surface area contributed by atoms with E-state index in [1.54, 1.807) is 24.3 Å². The highest BCUT2D eigenvalue weighted by Gasteiger charge is 2.60. The molecule has 8 heteroatoms. The highest BCUT2D eigenvalue weighted by Crippen LogP contribution is 2.56. The number of carbonyl (C=O) groups is 4. The predicted molar refractivity (Wildman–Crippen MR) is 100 cm³/mol. The van der Waals surface area contributed by atoms with Crippen molar-refractivity contribution >= 4 is 41.0 Å². The van der Waals surface area contributed by atoms with E-state index in [0.29, 0.717) is 22.5 Å². The molecule has 2 bridgehead atoms. The number of likely N-dealkylation sites (tertiary alicyclic amines) is 1. The number of nitrogens with one attached hydrogen (secondary N) is 1. The van der Waals surface area contributed by atoms with Crippen molar-refractivity contribution in [2.75, 3.05) is 18.5 Å². The third kappa shape index (κ3) is 3.51. The maximum atomic E-state index is 12.6. The molecular formula is C20H21ClN2O5. The number of hydrogen-bond acceptors (Lipinski definition) is 5. The largest absolute Gasteiger partial charge is 0.456 e. The lowest BCUT2D eigenvalue weighted by molar-refractivity contribution is -0.149. The van der Waals surface area contributed by atoms with E-state index in [0.717, 1.165) is 19.3 Å². The summed E-state index contributed by atoms with van der Waals surface area (Å²) in [6.07, 6.45) is 2.89. The molecule has 0 aromatic heterocycles. The van der Waals surface area contributed by atoms with E-state index in [2.05, 4.69) is 5.32 Å². The Kier molecular flexibility index (Phi) is 5.10. The van der Waals surface area contributed by atoms with Crippen LogP contribution in [0.4, 0.5) is 5.69 Å². The summed E-state index contributed by atoms with van der Waals surface area (Å²) < 4.78 is 4.95. The molecule has 1 heterocycles. The van der Waals surface area contributed by atoms with E-state index in [1.165, 1.54) is 4.90 Å². The first kappa shape index (κ1) is 18.9. The Morgan fingerprint density at radius 1 is 1.14 bits per heavy atom. The van der Waals surface area contributed by atoms with Gasteiger partial charge in [-0.05, 0) is 49.3 Å². The number of carbonyl (C=O) groups excluding carboxylic acids is 4. The van der Waals surface area contributed by atoms with Crippen LogP contribution in [0.3, 0.4) is 0 Å². The van der Waals surface area contributed by atoms with Gasteiger partial charge in [0.2, 0.25) is 11.8 Å². The van der Waals surface area contributed by atoms with E-state index in [1.807, 2.05) is 0 Å². The molecule has 148 valence electrons. The Morgan fingerprint density at radius 2 is 1.82 bits per heavy atom. The van der Waals surface area contributed by atoms with Crippen LogP contribution in [-0.4, -0.2) is 41.7 Å². The van der Waals surface area contributed by atoms with Gasteiger partial charge in [0.25, 0.3) is 5.91 Å². The van der Waals surface area contributed by atoms with E-state index in [9.17, 15) is 19.2 Å². The molecule has 0 unspecified atom stereocenters. The summed E-state index contributed by atoms with van der Waals surface area (Å²) in [6, 6.07) is 6.61. The second kappa shape index (κ2) is 7.54. The SMILES string of the molecule is O=C(COC(=O)CCN1C(=O)[C@H]2[C@@H]3CC[C@H](C3)[C@@H]2C1=O)Nc1cccc(Cl)c1. The highest BCUT2D eigenvalue weighted by atomic mass is 35.5. The quantitative estimate of drug-likeness (QED) is 0.579.